The van der Waals surface area contributed by atoms with Crippen molar-refractivity contribution >= 4 is 67.4 Å². The summed E-state index contributed by atoms with van der Waals surface area (Å²) in [6, 6.07) is 25.1. The molecule has 0 aromatic carbocycles. The molecule has 0 aliphatic carbocycles. The number of fused-ring (bicyclic) bond motifs is 8. The van der Waals surface area contributed by atoms with Gasteiger partial charge in [-0.15, -0.1) is 0 Å². The molecule has 4 aliphatic rings. The number of anilines is 4. The Morgan fingerprint density at radius 2 is 0.581 bits per heavy atom. The summed E-state index contributed by atoms with van der Waals surface area (Å²) < 4.78 is 13.8. The Morgan fingerprint density at radius 3 is 0.887 bits per heavy atom. The normalized spacial score (nSPS) is 18.6. The van der Waals surface area contributed by atoms with Gasteiger partial charge in [-0.25, -0.2) is 38.0 Å². The summed E-state index contributed by atoms with van der Waals surface area (Å²) >= 11 is 0. The zero-order chi connectivity index (χ0) is 87.4. The molecule has 4 saturated heterocycles. The fraction of sp³-hybridized carbons (Fsp3) is 0.391. The van der Waals surface area contributed by atoms with Crippen LogP contribution in [0.4, 0.5) is 22.7 Å². The van der Waals surface area contributed by atoms with Gasteiger partial charge in [0.1, 0.15) is 45.4 Å². The van der Waals surface area contributed by atoms with Crippen LogP contribution in [0, 0.1) is 83.1 Å². The van der Waals surface area contributed by atoms with Crippen LogP contribution in [0.15, 0.2) is 142 Å². The molecule has 32 heteroatoms. The molecule has 0 unspecified atom stereocenters. The van der Waals surface area contributed by atoms with E-state index in [0.29, 0.717) is 104 Å². The van der Waals surface area contributed by atoms with E-state index >= 15 is 0 Å². The standard InChI is InChI=1S/C24H29N7O.2C23H27N7O.C22H25N7O/c1-14-7-19(29-11-16(3)28(6)17(4)12-29)13-30-23(32)9-20(26-24(14)30)21-8-22-18(5)25-15(2)10-31(22)27-21;1-13-6-18(28-9-14(2)24-15(3)10-28)12-29-22(31)8-19(26-23(13)29)20-7-21-17(5)25-16(4)11-30(21)27-20;1-14-8-18(28-7-6-27(5)16(3)12-28)13-29-22(31)10-19(25-23(14)29)20-9-21-17(4)24-15(2)11-30(21)26-20;1-13-7-17(27-6-5-23-14(2)10-27)12-28-21(30)9-18(25-22(13)28)19-8-20-16(4)24-15(3)11-29(20)26-19/h7-10,13,16-17H,11-12H2,1-6H3;6-8,11-12,14-15,24H,9-10H2,1-5H3;8-11,13,16H,6-7,12H2,1-5H3;7-9,11-12,14,23H,5-6,10H2,1-4H3/t16-,17+;14-,15+;16-;14-/m..00/s1. The lowest BCUT2D eigenvalue weighted by Crippen LogP contribution is -2.55. The minimum atomic E-state index is -0.107. The van der Waals surface area contributed by atoms with Crippen molar-refractivity contribution in [2.24, 2.45) is 0 Å². The molecule has 20 rings (SSSR count). The molecule has 16 aromatic rings. The van der Waals surface area contributed by atoms with Crippen molar-refractivity contribution in [3.63, 3.8) is 0 Å². The van der Waals surface area contributed by atoms with Gasteiger partial charge in [-0.2, -0.15) is 20.4 Å². The molecular formula is C92H108N28O4. The first kappa shape index (κ1) is 83.2. The van der Waals surface area contributed by atoms with E-state index in [2.05, 4.69) is 160 Å². The predicted octanol–water partition coefficient (Wildman–Crippen LogP) is 9.97. The summed E-state index contributed by atoms with van der Waals surface area (Å²) in [6.07, 6.45) is 15.2. The van der Waals surface area contributed by atoms with E-state index in [0.717, 1.165) is 178 Å². The van der Waals surface area contributed by atoms with Crippen LogP contribution < -0.4 is 52.5 Å². The number of hydrogen-bond acceptors (Lipinski definition) is 24. The van der Waals surface area contributed by atoms with Gasteiger partial charge in [0.2, 0.25) is 0 Å². The van der Waals surface area contributed by atoms with Gasteiger partial charge in [-0.1, -0.05) is 0 Å². The number of rotatable bonds is 8. The number of nitrogens with one attached hydrogen (secondary N) is 2. The van der Waals surface area contributed by atoms with Gasteiger partial charge in [0.15, 0.2) is 0 Å². The molecule has 124 heavy (non-hydrogen) atoms. The molecule has 4 fully saturated rings. The number of nitrogens with zero attached hydrogens (tertiary/aromatic N) is 26. The zero-order valence-corrected chi connectivity index (χ0v) is 74.3. The lowest BCUT2D eigenvalue weighted by Gasteiger charge is -2.43. The Kier molecular flexibility index (Phi) is 22.1. The molecule has 0 radical (unpaired) electrons. The van der Waals surface area contributed by atoms with Crippen molar-refractivity contribution in [1.82, 2.24) is 116 Å². The molecule has 0 spiro atoms. The summed E-state index contributed by atoms with van der Waals surface area (Å²) in [7, 11) is 4.33. The number of piperazine rings is 4. The summed E-state index contributed by atoms with van der Waals surface area (Å²) in [6.45, 7) is 46.2. The Bertz CT molecular complexity index is 7150. The minimum Gasteiger partial charge on any atom is -0.368 e. The van der Waals surface area contributed by atoms with Gasteiger partial charge in [-0.05, 0) is 210 Å². The highest BCUT2D eigenvalue weighted by atomic mass is 16.1. The van der Waals surface area contributed by atoms with E-state index < -0.39 is 0 Å². The van der Waals surface area contributed by atoms with E-state index in [1.807, 2.05) is 161 Å². The minimum absolute atomic E-state index is 0.102. The summed E-state index contributed by atoms with van der Waals surface area (Å²) in [5.74, 6) is 0. The fourth-order valence-electron chi connectivity index (χ4n) is 17.9. The van der Waals surface area contributed by atoms with Crippen LogP contribution in [-0.2, 0) is 0 Å². The van der Waals surface area contributed by atoms with Crippen LogP contribution >= 0.6 is 0 Å². The third-order valence-corrected chi connectivity index (χ3v) is 24.5. The van der Waals surface area contributed by atoms with Gasteiger partial charge >= 0.3 is 0 Å². The Balaban J connectivity index is 0.000000117. The maximum Gasteiger partial charge on any atom is 0.258 e. The van der Waals surface area contributed by atoms with Gasteiger partial charge in [-0.3, -0.25) is 61.6 Å². The number of aromatic nitrogens is 20. The second kappa shape index (κ2) is 33.0. The summed E-state index contributed by atoms with van der Waals surface area (Å²) in [4.78, 5) is 104. The Labute approximate surface area is 717 Å². The summed E-state index contributed by atoms with van der Waals surface area (Å²) in [5.41, 5.74) is 26.2. The molecule has 2 N–H and O–H groups in total. The van der Waals surface area contributed by atoms with Crippen molar-refractivity contribution in [2.45, 2.75) is 161 Å². The van der Waals surface area contributed by atoms with Gasteiger partial charge < -0.3 is 35.1 Å². The Hall–Kier alpha value is -13.0. The quantitative estimate of drug-likeness (QED) is 0.143. The van der Waals surface area contributed by atoms with E-state index in [-0.39, 0.29) is 22.2 Å². The maximum atomic E-state index is 13.1. The molecule has 20 heterocycles. The molecule has 6 atom stereocenters. The lowest BCUT2D eigenvalue weighted by atomic mass is 10.1. The van der Waals surface area contributed by atoms with E-state index in [9.17, 15) is 19.2 Å². The third-order valence-electron chi connectivity index (χ3n) is 24.5. The highest BCUT2D eigenvalue weighted by molar-refractivity contribution is 5.73. The average molecular weight is 1670 g/mol. The topological polar surface area (TPSA) is 302 Å². The number of likely N-dealkylation sites (N-methyl/N-ethyl adjacent to an activating group) is 2. The molecule has 4 aliphatic heterocycles. The van der Waals surface area contributed by atoms with E-state index in [1.165, 1.54) is 0 Å². The van der Waals surface area contributed by atoms with Crippen molar-refractivity contribution in [3.8, 4) is 45.6 Å². The average Bonchev–Trinajstić information content (AvgIpc) is 1.42. The second-order valence-electron chi connectivity index (χ2n) is 34.7. The molecule has 32 nitrogen and oxygen atoms in total. The number of pyridine rings is 4. The first-order valence-electron chi connectivity index (χ1n) is 42.6. The molecule has 16 aromatic heterocycles. The maximum absolute atomic E-state index is 13.1. The van der Waals surface area contributed by atoms with Crippen LogP contribution in [0.2, 0.25) is 0 Å². The first-order valence-corrected chi connectivity index (χ1v) is 42.6. The van der Waals surface area contributed by atoms with Crippen LogP contribution in [-0.4, -0.2) is 222 Å². The number of aryl methyl sites for hydroxylation is 12. The Morgan fingerprint density at radius 1 is 0.298 bits per heavy atom. The smallest absolute Gasteiger partial charge is 0.258 e. The monoisotopic (exact) mass is 1670 g/mol. The van der Waals surface area contributed by atoms with Gasteiger partial charge in [0.25, 0.3) is 22.2 Å². The van der Waals surface area contributed by atoms with Crippen molar-refractivity contribution in [1.29, 1.82) is 0 Å². The molecule has 0 bridgehead atoms. The van der Waals surface area contributed by atoms with Gasteiger partial charge in [0, 0.05) is 151 Å². The largest absolute Gasteiger partial charge is 0.368 e. The van der Waals surface area contributed by atoms with Crippen LogP contribution in [0.25, 0.3) is 90.2 Å². The van der Waals surface area contributed by atoms with Gasteiger partial charge in [0.05, 0.1) is 138 Å². The van der Waals surface area contributed by atoms with Crippen molar-refractivity contribution in [2.75, 3.05) is 99.1 Å². The lowest BCUT2D eigenvalue weighted by molar-refractivity contribution is 0.170. The second-order valence-corrected chi connectivity index (χ2v) is 34.7. The molecule has 640 valence electrons. The number of hydrogen-bond donors (Lipinski definition) is 2. The molecule has 0 amide bonds. The predicted molar refractivity (Wildman–Crippen MR) is 488 cm³/mol. The highest BCUT2D eigenvalue weighted by Crippen LogP contribution is 2.31. The zero-order valence-electron chi connectivity index (χ0n) is 74.3. The van der Waals surface area contributed by atoms with E-state index in [4.69, 9.17) is 19.9 Å². The van der Waals surface area contributed by atoms with Crippen LogP contribution in [0.1, 0.15) is 109 Å². The van der Waals surface area contributed by atoms with Crippen LogP contribution in [0.5, 0.6) is 0 Å². The highest BCUT2D eigenvalue weighted by Gasteiger charge is 2.30. The molecule has 0 saturated carbocycles. The van der Waals surface area contributed by atoms with Crippen molar-refractivity contribution in [3.05, 3.63) is 232 Å². The first-order chi connectivity index (χ1) is 59.2. The van der Waals surface area contributed by atoms with Crippen molar-refractivity contribution < 1.29 is 0 Å². The SMILES string of the molecule is Cc1cn2nc(-c3cc(=O)n4cc(N5CCN(C)[C@@H](C)C5)cc(C)c4n3)cc2c(C)n1.Cc1cn2nc(-c3cc(=O)n4cc(N5CCN[C@@H](C)C5)cc(C)c4n3)cc2c(C)n1.Cc1cn2nc(-c3cc(=O)n4cc(N5C[C@@H](C)N(C)[C@@H](C)C5)cc(C)c4n3)cc2c(C)n1.Cc1cn2nc(-c3cc(=O)n4cc(N5C[C@@H](C)N[C@@H](C)C5)cc(C)c4n3)cc2c(C)n1. The summed E-state index contributed by atoms with van der Waals surface area (Å²) in [5, 5.41) is 25.6. The van der Waals surface area contributed by atoms with E-state index in [1.54, 1.807) is 55.4 Å². The fourth-order valence-corrected chi connectivity index (χ4v) is 17.9. The third kappa shape index (κ3) is 16.4. The molecular weight excluding hydrogens is 1560 g/mol. The van der Waals surface area contributed by atoms with Crippen LogP contribution in [0.3, 0.4) is 0 Å².